The fourth-order valence-electron chi connectivity index (χ4n) is 1.29. The monoisotopic (exact) mass is 162 g/mol. The van der Waals surface area contributed by atoms with Crippen LogP contribution in [0.4, 0.5) is 0 Å². The van der Waals surface area contributed by atoms with Crippen molar-refractivity contribution in [2.24, 2.45) is 7.05 Å². The van der Waals surface area contributed by atoms with Gasteiger partial charge in [0.15, 0.2) is 0 Å². The molecule has 2 rings (SSSR count). The predicted octanol–water partition coefficient (Wildman–Crippen LogP) is 1.07. The molecule has 62 valence electrons. The lowest BCUT2D eigenvalue weighted by Gasteiger charge is -1.97. The van der Waals surface area contributed by atoms with Gasteiger partial charge in [-0.05, 0) is 11.6 Å². The van der Waals surface area contributed by atoms with E-state index in [0.29, 0.717) is 0 Å². The summed E-state index contributed by atoms with van der Waals surface area (Å²) in [5.74, 6) is 0. The van der Waals surface area contributed by atoms with Gasteiger partial charge in [0.1, 0.15) is 0 Å². The summed E-state index contributed by atoms with van der Waals surface area (Å²) in [7, 11) is 1.89. The molecule has 0 saturated heterocycles. The van der Waals surface area contributed by atoms with Crippen LogP contribution in [-0.2, 0) is 13.7 Å². The molecule has 0 unspecified atom stereocenters. The lowest BCUT2D eigenvalue weighted by atomic mass is 10.2. The van der Waals surface area contributed by atoms with Gasteiger partial charge in [-0.15, -0.1) is 0 Å². The summed E-state index contributed by atoms with van der Waals surface area (Å²) in [6.45, 7) is 0.0844. The van der Waals surface area contributed by atoms with Gasteiger partial charge in [-0.25, -0.2) is 0 Å². The Morgan fingerprint density at radius 2 is 2.33 bits per heavy atom. The lowest BCUT2D eigenvalue weighted by molar-refractivity contribution is 0.282. The van der Waals surface area contributed by atoms with Crippen LogP contribution in [0.25, 0.3) is 10.9 Å². The Balaban J connectivity index is 2.71. The molecule has 3 heteroatoms. The van der Waals surface area contributed by atoms with Crippen molar-refractivity contribution in [2.45, 2.75) is 6.61 Å². The fourth-order valence-corrected chi connectivity index (χ4v) is 1.29. The molecule has 1 aromatic carbocycles. The minimum Gasteiger partial charge on any atom is -0.392 e. The van der Waals surface area contributed by atoms with Gasteiger partial charge in [0.25, 0.3) is 0 Å². The number of rotatable bonds is 1. The number of hydrogen-bond donors (Lipinski definition) is 1. The van der Waals surface area contributed by atoms with E-state index in [1.807, 2.05) is 31.4 Å². The maximum Gasteiger partial charge on any atom is 0.0682 e. The van der Waals surface area contributed by atoms with Crippen LogP contribution in [-0.4, -0.2) is 14.9 Å². The van der Waals surface area contributed by atoms with Crippen molar-refractivity contribution in [3.8, 4) is 0 Å². The van der Waals surface area contributed by atoms with E-state index in [-0.39, 0.29) is 6.61 Å². The molecule has 0 aliphatic carbocycles. The Bertz CT molecular complexity index is 406. The first-order valence-electron chi connectivity index (χ1n) is 3.83. The highest BCUT2D eigenvalue weighted by atomic mass is 16.3. The molecule has 3 nitrogen and oxygen atoms in total. The second-order valence-corrected chi connectivity index (χ2v) is 2.82. The molecule has 0 radical (unpaired) electrons. The predicted molar refractivity (Wildman–Crippen MR) is 46.6 cm³/mol. The van der Waals surface area contributed by atoms with Crippen molar-refractivity contribution in [1.29, 1.82) is 0 Å². The first kappa shape index (κ1) is 7.31. The first-order chi connectivity index (χ1) is 5.81. The SMILES string of the molecule is Cn1ncc2ccc(CO)cc21. The summed E-state index contributed by atoms with van der Waals surface area (Å²) in [6.07, 6.45) is 1.82. The summed E-state index contributed by atoms with van der Waals surface area (Å²) in [4.78, 5) is 0. The zero-order valence-electron chi connectivity index (χ0n) is 6.86. The van der Waals surface area contributed by atoms with Crippen molar-refractivity contribution in [1.82, 2.24) is 9.78 Å². The van der Waals surface area contributed by atoms with Crippen molar-refractivity contribution in [3.05, 3.63) is 30.0 Å². The Morgan fingerprint density at radius 3 is 3.08 bits per heavy atom. The number of aryl methyl sites for hydroxylation is 1. The quantitative estimate of drug-likeness (QED) is 0.681. The molecule has 0 aliphatic heterocycles. The molecule has 2 aromatic rings. The molecule has 0 bridgehead atoms. The smallest absolute Gasteiger partial charge is 0.0682 e. The van der Waals surface area contributed by atoms with Gasteiger partial charge in [-0.1, -0.05) is 12.1 Å². The van der Waals surface area contributed by atoms with E-state index in [1.54, 1.807) is 4.68 Å². The van der Waals surface area contributed by atoms with Crippen LogP contribution >= 0.6 is 0 Å². The Hall–Kier alpha value is -1.35. The number of nitrogens with zero attached hydrogens (tertiary/aromatic N) is 2. The van der Waals surface area contributed by atoms with Crippen molar-refractivity contribution in [2.75, 3.05) is 0 Å². The van der Waals surface area contributed by atoms with Gasteiger partial charge in [0.2, 0.25) is 0 Å². The minimum absolute atomic E-state index is 0.0844. The average molecular weight is 162 g/mol. The second-order valence-electron chi connectivity index (χ2n) is 2.82. The third kappa shape index (κ3) is 0.987. The van der Waals surface area contributed by atoms with E-state index in [4.69, 9.17) is 5.11 Å². The van der Waals surface area contributed by atoms with E-state index in [1.165, 1.54) is 0 Å². The molecule has 0 saturated carbocycles. The molecule has 0 atom stereocenters. The fraction of sp³-hybridized carbons (Fsp3) is 0.222. The molecule has 1 N–H and O–H groups in total. The molecular formula is C9H10N2O. The Morgan fingerprint density at radius 1 is 1.50 bits per heavy atom. The van der Waals surface area contributed by atoms with E-state index in [9.17, 15) is 0 Å². The van der Waals surface area contributed by atoms with E-state index < -0.39 is 0 Å². The van der Waals surface area contributed by atoms with Gasteiger partial charge < -0.3 is 5.11 Å². The summed E-state index contributed by atoms with van der Waals surface area (Å²) in [6, 6.07) is 5.82. The molecule has 0 aliphatic rings. The van der Waals surface area contributed by atoms with Gasteiger partial charge in [0, 0.05) is 12.4 Å². The third-order valence-corrected chi connectivity index (χ3v) is 2.00. The summed E-state index contributed by atoms with van der Waals surface area (Å²) < 4.78 is 1.80. The average Bonchev–Trinajstić information content (AvgIpc) is 2.47. The largest absolute Gasteiger partial charge is 0.392 e. The summed E-state index contributed by atoms with van der Waals surface area (Å²) in [5, 5.41) is 14.1. The van der Waals surface area contributed by atoms with Crippen LogP contribution < -0.4 is 0 Å². The zero-order valence-corrected chi connectivity index (χ0v) is 6.86. The van der Waals surface area contributed by atoms with Gasteiger partial charge in [-0.3, -0.25) is 4.68 Å². The molecule has 1 heterocycles. The number of aliphatic hydroxyl groups excluding tert-OH is 1. The Kier molecular flexibility index (Phi) is 1.59. The highest BCUT2D eigenvalue weighted by Crippen LogP contribution is 2.14. The van der Waals surface area contributed by atoms with Crippen LogP contribution in [0.5, 0.6) is 0 Å². The molecule has 0 fully saturated rings. The Labute approximate surface area is 70.2 Å². The molecule has 0 spiro atoms. The molecule has 1 aromatic heterocycles. The second kappa shape index (κ2) is 2.60. The van der Waals surface area contributed by atoms with E-state index >= 15 is 0 Å². The maximum atomic E-state index is 8.90. The van der Waals surface area contributed by atoms with Gasteiger partial charge >= 0.3 is 0 Å². The molecule has 12 heavy (non-hydrogen) atoms. The lowest BCUT2D eigenvalue weighted by Crippen LogP contribution is -1.90. The third-order valence-electron chi connectivity index (χ3n) is 2.00. The highest BCUT2D eigenvalue weighted by Gasteiger charge is 1.99. The number of aliphatic hydroxyl groups is 1. The summed E-state index contributed by atoms with van der Waals surface area (Å²) in [5.41, 5.74) is 1.98. The van der Waals surface area contributed by atoms with Crippen molar-refractivity contribution in [3.63, 3.8) is 0 Å². The van der Waals surface area contributed by atoms with Crippen molar-refractivity contribution < 1.29 is 5.11 Å². The van der Waals surface area contributed by atoms with Crippen LogP contribution in [0.2, 0.25) is 0 Å². The standard InChI is InChI=1S/C9H10N2O/c1-11-9-4-7(6-12)2-3-8(9)5-10-11/h2-5,12H,6H2,1H3. The van der Waals surface area contributed by atoms with Gasteiger partial charge in [0.05, 0.1) is 18.3 Å². The summed E-state index contributed by atoms with van der Waals surface area (Å²) >= 11 is 0. The maximum absolute atomic E-state index is 8.90. The zero-order chi connectivity index (χ0) is 8.55. The minimum atomic E-state index is 0.0844. The molecule has 0 amide bonds. The first-order valence-corrected chi connectivity index (χ1v) is 3.83. The number of aromatic nitrogens is 2. The number of fused-ring (bicyclic) bond motifs is 1. The number of benzene rings is 1. The molecular weight excluding hydrogens is 152 g/mol. The van der Waals surface area contributed by atoms with Crippen LogP contribution in [0, 0.1) is 0 Å². The van der Waals surface area contributed by atoms with Gasteiger partial charge in [-0.2, -0.15) is 5.10 Å². The van der Waals surface area contributed by atoms with E-state index in [2.05, 4.69) is 5.10 Å². The van der Waals surface area contributed by atoms with Crippen LogP contribution in [0.3, 0.4) is 0 Å². The highest BCUT2D eigenvalue weighted by molar-refractivity contribution is 5.79. The van der Waals surface area contributed by atoms with Crippen LogP contribution in [0.15, 0.2) is 24.4 Å². The van der Waals surface area contributed by atoms with Crippen LogP contribution in [0.1, 0.15) is 5.56 Å². The topological polar surface area (TPSA) is 38.0 Å². The normalized spacial score (nSPS) is 10.8. The van der Waals surface area contributed by atoms with Crippen molar-refractivity contribution >= 4 is 10.9 Å². The number of hydrogen-bond acceptors (Lipinski definition) is 2. The van der Waals surface area contributed by atoms with E-state index in [0.717, 1.165) is 16.5 Å².